The van der Waals surface area contributed by atoms with E-state index in [-0.39, 0.29) is 12.2 Å². The van der Waals surface area contributed by atoms with E-state index in [9.17, 15) is 18.0 Å². The van der Waals surface area contributed by atoms with Gasteiger partial charge in [0.05, 0.1) is 36.0 Å². The van der Waals surface area contributed by atoms with Crippen LogP contribution in [0.3, 0.4) is 0 Å². The van der Waals surface area contributed by atoms with Gasteiger partial charge in [0.15, 0.2) is 0 Å². The topological polar surface area (TPSA) is 44.8 Å². The van der Waals surface area contributed by atoms with Crippen LogP contribution in [0.25, 0.3) is 0 Å². The van der Waals surface area contributed by atoms with E-state index >= 15 is 0 Å². The highest BCUT2D eigenvalue weighted by molar-refractivity contribution is 5.98. The predicted octanol–water partition coefficient (Wildman–Crippen LogP) is 3.67. The van der Waals surface area contributed by atoms with E-state index in [1.165, 1.54) is 6.07 Å². The largest absolute Gasteiger partial charge is 0.465 e. The first-order valence-corrected chi connectivity index (χ1v) is 7.16. The van der Waals surface area contributed by atoms with Gasteiger partial charge < -0.3 is 14.1 Å². The quantitative estimate of drug-likeness (QED) is 0.584. The van der Waals surface area contributed by atoms with Crippen LogP contribution in [0.4, 0.5) is 13.2 Å². The molecule has 0 aliphatic rings. The maximum Gasteiger partial charge on any atom is 0.417 e. The molecule has 0 spiro atoms. The number of carbonyl (C=O) groups excluding carboxylic acids is 1. The molecule has 1 aromatic rings. The molecule has 1 aromatic carbocycles. The Bertz CT molecular complexity index is 597. The molecule has 1 rings (SSSR count). The molecule has 2 radical (unpaired) electrons. The Balaban J connectivity index is 3.09. The van der Waals surface area contributed by atoms with Crippen LogP contribution in [0, 0.1) is 0 Å². The molecular formula is C16H20BF3O4. The van der Waals surface area contributed by atoms with Crippen LogP contribution in [0.1, 0.15) is 49.2 Å². The number of esters is 1. The fourth-order valence-corrected chi connectivity index (χ4v) is 1.78. The number of methoxy groups -OCH3 is 1. The monoisotopic (exact) mass is 344 g/mol. The second kappa shape index (κ2) is 7.15. The number of hydrogen-bond donors (Lipinski definition) is 0. The smallest absolute Gasteiger partial charge is 0.417 e. The lowest BCUT2D eigenvalue weighted by Gasteiger charge is -2.41. The van der Waals surface area contributed by atoms with Gasteiger partial charge in [-0.1, -0.05) is 6.07 Å². The van der Waals surface area contributed by atoms with Crippen molar-refractivity contribution in [1.82, 2.24) is 0 Å². The molecule has 0 N–H and O–H groups in total. The van der Waals surface area contributed by atoms with E-state index in [0.717, 1.165) is 19.2 Å². The molecule has 0 amide bonds. The summed E-state index contributed by atoms with van der Waals surface area (Å²) >= 11 is 0. The molecule has 4 nitrogen and oxygen atoms in total. The molecule has 0 aliphatic heterocycles. The highest BCUT2D eigenvalue weighted by Crippen LogP contribution is 2.34. The van der Waals surface area contributed by atoms with Crippen LogP contribution in [0.5, 0.6) is 0 Å². The lowest BCUT2D eigenvalue weighted by atomic mass is 9.88. The number of halogens is 3. The zero-order chi connectivity index (χ0) is 18.8. The average Bonchev–Trinajstić information content (AvgIpc) is 2.50. The minimum atomic E-state index is -4.69. The van der Waals surface area contributed by atoms with E-state index in [1.807, 2.05) is 0 Å². The first kappa shape index (κ1) is 20.5. The number of alkyl halides is 3. The van der Waals surface area contributed by atoms with Gasteiger partial charge in [0.1, 0.15) is 0 Å². The maximum atomic E-state index is 13.2. The third-order valence-electron chi connectivity index (χ3n) is 4.14. The van der Waals surface area contributed by atoms with Crippen LogP contribution in [-0.4, -0.2) is 32.3 Å². The maximum absolute atomic E-state index is 13.2. The van der Waals surface area contributed by atoms with E-state index in [0.29, 0.717) is 0 Å². The van der Waals surface area contributed by atoms with Crippen molar-refractivity contribution in [3.05, 3.63) is 34.9 Å². The van der Waals surface area contributed by atoms with E-state index in [1.54, 1.807) is 27.7 Å². The summed E-state index contributed by atoms with van der Waals surface area (Å²) in [5.41, 5.74) is -3.07. The molecule has 0 bridgehead atoms. The summed E-state index contributed by atoms with van der Waals surface area (Å²) in [7, 11) is 6.26. The first-order valence-electron chi connectivity index (χ1n) is 7.16. The van der Waals surface area contributed by atoms with Crippen molar-refractivity contribution in [3.63, 3.8) is 0 Å². The second-order valence-electron chi connectivity index (χ2n) is 6.30. The van der Waals surface area contributed by atoms with Gasteiger partial charge in [-0.2, -0.15) is 13.2 Å². The van der Waals surface area contributed by atoms with Crippen LogP contribution in [0.15, 0.2) is 18.2 Å². The van der Waals surface area contributed by atoms with Gasteiger partial charge >= 0.3 is 12.1 Å². The zero-order valence-corrected chi connectivity index (χ0v) is 14.3. The third kappa shape index (κ3) is 4.51. The number of carbonyl (C=O) groups is 1. The lowest BCUT2D eigenvalue weighted by Crippen LogP contribution is -2.48. The van der Waals surface area contributed by atoms with Crippen molar-refractivity contribution in [2.75, 3.05) is 7.11 Å². The van der Waals surface area contributed by atoms with Crippen LogP contribution >= 0.6 is 0 Å². The molecular weight excluding hydrogens is 324 g/mol. The number of ether oxygens (including phenoxy) is 2. The Morgan fingerprint density at radius 2 is 1.71 bits per heavy atom. The molecule has 0 aliphatic carbocycles. The van der Waals surface area contributed by atoms with Gasteiger partial charge in [-0.05, 0) is 45.4 Å². The summed E-state index contributed by atoms with van der Waals surface area (Å²) in [6, 6.07) is 3.33. The molecule has 0 heterocycles. The molecule has 8 heteroatoms. The molecule has 0 fully saturated rings. The summed E-state index contributed by atoms with van der Waals surface area (Å²) < 4.78 is 54.4. The molecule has 24 heavy (non-hydrogen) atoms. The molecule has 0 unspecified atom stereocenters. The molecule has 0 aromatic heterocycles. The van der Waals surface area contributed by atoms with Crippen molar-refractivity contribution in [2.24, 2.45) is 0 Å². The molecule has 0 saturated carbocycles. The summed E-state index contributed by atoms with van der Waals surface area (Å²) in [6.45, 7) is 6.73. The number of hydrogen-bond acceptors (Lipinski definition) is 4. The number of benzene rings is 1. The highest BCUT2D eigenvalue weighted by Gasteiger charge is 2.38. The van der Waals surface area contributed by atoms with Crippen molar-refractivity contribution in [1.29, 1.82) is 0 Å². The summed E-state index contributed by atoms with van der Waals surface area (Å²) in [4.78, 5) is 11.5. The summed E-state index contributed by atoms with van der Waals surface area (Å²) in [6.07, 6.45) is -4.69. The number of rotatable bonds is 6. The zero-order valence-electron chi connectivity index (χ0n) is 14.3. The van der Waals surface area contributed by atoms with E-state index in [4.69, 9.17) is 17.4 Å². The van der Waals surface area contributed by atoms with Gasteiger partial charge in [0, 0.05) is 0 Å². The normalized spacial score (nSPS) is 13.0. The minimum Gasteiger partial charge on any atom is -0.465 e. The van der Waals surface area contributed by atoms with Gasteiger partial charge in [-0.3, -0.25) is 0 Å². The fraction of sp³-hybridized carbons (Fsp3) is 0.562. The van der Waals surface area contributed by atoms with E-state index < -0.39 is 34.5 Å². The first-order chi connectivity index (χ1) is 10.9. The Labute approximate surface area is 140 Å². The Kier molecular flexibility index (Phi) is 6.11. The van der Waals surface area contributed by atoms with Crippen LogP contribution < -0.4 is 0 Å². The van der Waals surface area contributed by atoms with Crippen molar-refractivity contribution in [3.8, 4) is 0 Å². The van der Waals surface area contributed by atoms with Gasteiger partial charge in [-0.25, -0.2) is 4.79 Å². The van der Waals surface area contributed by atoms with Crippen LogP contribution in [-0.2, 0) is 26.9 Å². The van der Waals surface area contributed by atoms with E-state index in [2.05, 4.69) is 4.74 Å². The SMILES string of the molecule is [B]OC(C)(C)C(C)(C)OCc1ccc(C(=O)OC)c(C(F)(F)F)c1. The Morgan fingerprint density at radius 3 is 2.17 bits per heavy atom. The molecule has 0 atom stereocenters. The predicted molar refractivity (Wildman–Crippen MR) is 82.6 cm³/mol. The Morgan fingerprint density at radius 1 is 1.12 bits per heavy atom. The van der Waals surface area contributed by atoms with Crippen molar-refractivity contribution in [2.45, 2.75) is 51.7 Å². The molecule has 132 valence electrons. The van der Waals surface area contributed by atoms with Gasteiger partial charge in [0.25, 0.3) is 8.05 Å². The average molecular weight is 344 g/mol. The summed E-state index contributed by atoms with van der Waals surface area (Å²) in [5.74, 6) is -1.05. The van der Waals surface area contributed by atoms with Gasteiger partial charge in [0.2, 0.25) is 0 Å². The van der Waals surface area contributed by atoms with Crippen molar-refractivity contribution >= 4 is 14.0 Å². The Hall–Kier alpha value is -1.54. The minimum absolute atomic E-state index is 0.107. The molecule has 0 saturated heterocycles. The van der Waals surface area contributed by atoms with Crippen LogP contribution in [0.2, 0.25) is 0 Å². The third-order valence-corrected chi connectivity index (χ3v) is 4.14. The fourth-order valence-electron chi connectivity index (χ4n) is 1.78. The lowest BCUT2D eigenvalue weighted by molar-refractivity contribution is -0.141. The standard InChI is InChI=1S/C16H20BF3O4/c1-14(2,15(3,4)24-17)23-9-10-6-7-11(13(21)22-5)12(8-10)16(18,19)20/h6-8H,9H2,1-5H3. The summed E-state index contributed by atoms with van der Waals surface area (Å²) in [5, 5.41) is 0. The van der Waals surface area contributed by atoms with Crippen molar-refractivity contribution < 1.29 is 32.1 Å². The highest BCUT2D eigenvalue weighted by atomic mass is 19.4. The second-order valence-corrected chi connectivity index (χ2v) is 6.30. The van der Waals surface area contributed by atoms with Gasteiger partial charge in [-0.15, -0.1) is 0 Å².